The fourth-order valence-electron chi connectivity index (χ4n) is 6.47. The van der Waals surface area contributed by atoms with E-state index < -0.39 is 65.5 Å². The van der Waals surface area contributed by atoms with Crippen LogP contribution in [-0.2, 0) is 46.4 Å². The molecule has 0 bridgehead atoms. The Kier molecular flexibility index (Phi) is 18.0. The average molecular weight is 794 g/mol. The van der Waals surface area contributed by atoms with Gasteiger partial charge in [0.1, 0.15) is 18.1 Å². The maximum Gasteiger partial charge on any atom is 0.290 e. The molecular formula is C41H59N7O7S. The molecule has 1 heterocycles. The van der Waals surface area contributed by atoms with Gasteiger partial charge < -0.3 is 36.8 Å². The zero-order valence-electron chi connectivity index (χ0n) is 33.5. The number of benzene rings is 2. The normalized spacial score (nSPS) is 15.6. The van der Waals surface area contributed by atoms with Crippen molar-refractivity contribution in [1.29, 1.82) is 0 Å². The van der Waals surface area contributed by atoms with E-state index in [9.17, 15) is 33.6 Å². The van der Waals surface area contributed by atoms with Crippen LogP contribution in [0.2, 0.25) is 0 Å². The number of rotatable bonds is 20. The molecule has 306 valence electrons. The molecule has 0 aromatic heterocycles. The summed E-state index contributed by atoms with van der Waals surface area (Å²) in [5.41, 5.74) is 7.42. The number of aryl methyl sites for hydroxylation is 1. The van der Waals surface area contributed by atoms with Crippen LogP contribution in [0.4, 0.5) is 0 Å². The molecular weight excluding hydrogens is 735 g/mol. The Hall–Kier alpha value is -4.76. The minimum atomic E-state index is -1.22. The van der Waals surface area contributed by atoms with E-state index >= 15 is 0 Å². The molecule has 2 aromatic rings. The minimum absolute atomic E-state index is 0.0826. The van der Waals surface area contributed by atoms with E-state index in [2.05, 4.69) is 21.3 Å². The number of hydrogen-bond donors (Lipinski definition) is 5. The second-order valence-corrected chi connectivity index (χ2v) is 16.3. The van der Waals surface area contributed by atoms with E-state index in [1.54, 1.807) is 44.4 Å². The first-order chi connectivity index (χ1) is 26.6. The fraction of sp³-hybridized carbons (Fsp3) is 0.537. The third-order valence-corrected chi connectivity index (χ3v) is 10.2. The molecule has 56 heavy (non-hydrogen) atoms. The Balaban J connectivity index is 1.66. The van der Waals surface area contributed by atoms with Crippen molar-refractivity contribution in [3.63, 3.8) is 0 Å². The lowest BCUT2D eigenvalue weighted by atomic mass is 9.85. The second kappa shape index (κ2) is 22.1. The lowest BCUT2D eigenvalue weighted by molar-refractivity contribution is -0.145. The third kappa shape index (κ3) is 13.8. The van der Waals surface area contributed by atoms with Gasteiger partial charge in [0.25, 0.3) is 5.91 Å². The van der Waals surface area contributed by atoms with E-state index in [0.29, 0.717) is 30.7 Å². The van der Waals surface area contributed by atoms with Crippen molar-refractivity contribution in [3.05, 3.63) is 71.3 Å². The SMILES string of the molecule is CSCCC(NC(=O)[C@@H]1CCCN1C(=O)[C@@H](NC(=O)Cc1cccc(CCCCN)c1)C(C)(C)C)C(=O)C(=O)NCC(=O)N[C@H](C(=O)N(C)C)c1ccccc1. The minimum Gasteiger partial charge on any atom is -0.347 e. The molecule has 3 rings (SSSR count). The van der Waals surface area contributed by atoms with Crippen LogP contribution in [0.15, 0.2) is 54.6 Å². The van der Waals surface area contributed by atoms with E-state index in [4.69, 9.17) is 5.73 Å². The number of likely N-dealkylation sites (N-methyl/N-ethyl adjacent to an activating group) is 1. The van der Waals surface area contributed by atoms with Gasteiger partial charge in [0, 0.05) is 20.6 Å². The number of carbonyl (C=O) groups excluding carboxylic acids is 7. The zero-order valence-corrected chi connectivity index (χ0v) is 34.3. The smallest absolute Gasteiger partial charge is 0.290 e. The first-order valence-corrected chi connectivity index (χ1v) is 20.5. The molecule has 15 heteroatoms. The van der Waals surface area contributed by atoms with Gasteiger partial charge in [0.2, 0.25) is 35.3 Å². The summed E-state index contributed by atoms with van der Waals surface area (Å²) >= 11 is 1.42. The van der Waals surface area contributed by atoms with Crippen molar-refractivity contribution >= 4 is 53.0 Å². The predicted octanol–water partition coefficient (Wildman–Crippen LogP) is 1.90. The van der Waals surface area contributed by atoms with Gasteiger partial charge in [-0.05, 0) is 79.2 Å². The standard InChI is InChI=1S/C41H59N7O7S/c1-41(2,3)36(46-32(49)25-28-16-12-15-27(24-28)14-10-11-21-42)40(55)48-22-13-19-31(48)37(52)44-30(20-23-56-6)35(51)38(53)43-26-33(50)45-34(39(54)47(4)5)29-17-8-7-9-18-29/h7-9,12,15-18,24,30-31,34,36H,10-11,13-14,19-23,25-26,42H2,1-6H3,(H,43,53)(H,44,52)(H,45,50)(H,46,49)/t30?,31-,34-,36+/m0/s1. The van der Waals surface area contributed by atoms with E-state index in [1.807, 2.05) is 51.3 Å². The maximum absolute atomic E-state index is 14.1. The largest absolute Gasteiger partial charge is 0.347 e. The van der Waals surface area contributed by atoms with Crippen LogP contribution in [-0.4, -0.2) is 115 Å². The number of nitrogens with zero attached hydrogens (tertiary/aromatic N) is 2. The lowest BCUT2D eigenvalue weighted by Crippen LogP contribution is -2.59. The molecule has 4 atom stereocenters. The number of unbranched alkanes of at least 4 members (excludes halogenated alkanes) is 1. The van der Waals surface area contributed by atoms with Crippen LogP contribution in [0.5, 0.6) is 0 Å². The molecule has 6 amide bonds. The van der Waals surface area contributed by atoms with Gasteiger partial charge in [0.15, 0.2) is 0 Å². The Bertz CT molecular complexity index is 1680. The van der Waals surface area contributed by atoms with E-state index in [-0.39, 0.29) is 31.2 Å². The highest BCUT2D eigenvalue weighted by Gasteiger charge is 2.43. The molecule has 0 radical (unpaired) electrons. The van der Waals surface area contributed by atoms with Gasteiger partial charge in [-0.25, -0.2) is 0 Å². The molecule has 1 fully saturated rings. The summed E-state index contributed by atoms with van der Waals surface area (Å²) in [6.45, 7) is 5.86. The van der Waals surface area contributed by atoms with Crippen molar-refractivity contribution in [2.75, 3.05) is 45.7 Å². The number of thioether (sulfide) groups is 1. The van der Waals surface area contributed by atoms with Crippen LogP contribution >= 0.6 is 11.8 Å². The number of Topliss-reactive ketones (excluding diaryl/α,β-unsaturated/α-hetero) is 1. The van der Waals surface area contributed by atoms with E-state index in [0.717, 1.165) is 30.4 Å². The zero-order chi connectivity index (χ0) is 41.4. The Morgan fingerprint density at radius 1 is 0.911 bits per heavy atom. The van der Waals surface area contributed by atoms with Crippen LogP contribution in [0.25, 0.3) is 0 Å². The summed E-state index contributed by atoms with van der Waals surface area (Å²) in [4.78, 5) is 96.2. The molecule has 1 aliphatic heterocycles. The van der Waals surface area contributed by atoms with Gasteiger partial charge in [-0.2, -0.15) is 11.8 Å². The molecule has 0 saturated carbocycles. The summed E-state index contributed by atoms with van der Waals surface area (Å²) in [5.74, 6) is -3.94. The summed E-state index contributed by atoms with van der Waals surface area (Å²) < 4.78 is 0. The Labute approximate surface area is 334 Å². The van der Waals surface area contributed by atoms with Gasteiger partial charge in [-0.15, -0.1) is 0 Å². The highest BCUT2D eigenvalue weighted by atomic mass is 32.2. The Morgan fingerprint density at radius 3 is 2.25 bits per heavy atom. The number of ketones is 1. The molecule has 0 aliphatic carbocycles. The van der Waals surface area contributed by atoms with Gasteiger partial charge in [-0.1, -0.05) is 75.4 Å². The summed E-state index contributed by atoms with van der Waals surface area (Å²) in [5, 5.41) is 10.6. The van der Waals surface area contributed by atoms with Crippen LogP contribution in [0.1, 0.15) is 75.6 Å². The number of nitrogens with two attached hydrogens (primary N) is 1. The summed E-state index contributed by atoms with van der Waals surface area (Å²) in [7, 11) is 3.12. The highest BCUT2D eigenvalue weighted by molar-refractivity contribution is 7.98. The second-order valence-electron chi connectivity index (χ2n) is 15.3. The quantitative estimate of drug-likeness (QED) is 0.0982. The van der Waals surface area contributed by atoms with Gasteiger partial charge in [-0.3, -0.25) is 33.6 Å². The van der Waals surface area contributed by atoms with Crippen molar-refractivity contribution in [2.45, 2.75) is 89.9 Å². The molecule has 2 aromatic carbocycles. The molecule has 1 saturated heterocycles. The number of amides is 6. The van der Waals surface area contributed by atoms with Crippen LogP contribution in [0.3, 0.4) is 0 Å². The van der Waals surface area contributed by atoms with Crippen molar-refractivity contribution < 1.29 is 33.6 Å². The number of nitrogens with one attached hydrogen (secondary N) is 4. The van der Waals surface area contributed by atoms with Crippen LogP contribution < -0.4 is 27.0 Å². The van der Waals surface area contributed by atoms with Crippen LogP contribution in [0, 0.1) is 5.41 Å². The molecule has 1 unspecified atom stereocenters. The first kappa shape index (κ1) is 45.6. The first-order valence-electron chi connectivity index (χ1n) is 19.1. The topological polar surface area (TPSA) is 200 Å². The fourth-order valence-corrected chi connectivity index (χ4v) is 6.94. The maximum atomic E-state index is 14.1. The van der Waals surface area contributed by atoms with Gasteiger partial charge >= 0.3 is 0 Å². The summed E-state index contributed by atoms with van der Waals surface area (Å²) in [6, 6.07) is 12.4. The monoisotopic (exact) mass is 793 g/mol. The number of carbonyl (C=O) groups is 7. The highest BCUT2D eigenvalue weighted by Crippen LogP contribution is 2.26. The van der Waals surface area contributed by atoms with Crippen molar-refractivity contribution in [3.8, 4) is 0 Å². The van der Waals surface area contributed by atoms with Crippen molar-refractivity contribution in [2.24, 2.45) is 11.1 Å². The molecule has 14 nitrogen and oxygen atoms in total. The third-order valence-electron chi connectivity index (χ3n) is 9.54. The lowest BCUT2D eigenvalue weighted by Gasteiger charge is -2.35. The number of hydrogen-bond acceptors (Lipinski definition) is 9. The predicted molar refractivity (Wildman–Crippen MR) is 217 cm³/mol. The van der Waals surface area contributed by atoms with E-state index in [1.165, 1.54) is 21.6 Å². The summed E-state index contributed by atoms with van der Waals surface area (Å²) in [6.07, 6.45) is 5.63. The van der Waals surface area contributed by atoms with Gasteiger partial charge in [0.05, 0.1) is 19.0 Å². The number of likely N-dealkylation sites (tertiary alicyclic amines) is 1. The Morgan fingerprint density at radius 2 is 1.61 bits per heavy atom. The average Bonchev–Trinajstić information content (AvgIpc) is 3.66. The molecule has 0 spiro atoms. The van der Waals surface area contributed by atoms with Crippen molar-refractivity contribution in [1.82, 2.24) is 31.1 Å². The molecule has 6 N–H and O–H groups in total. The molecule has 1 aliphatic rings.